The number of nitrogens with zero attached hydrogens (tertiary/aromatic N) is 2. The number of halogens is 2. The summed E-state index contributed by atoms with van der Waals surface area (Å²) < 4.78 is 2.84. The molecule has 3 nitrogen and oxygen atoms in total. The molecule has 0 aliphatic rings. The van der Waals surface area contributed by atoms with E-state index in [0.29, 0.717) is 11.4 Å². The van der Waals surface area contributed by atoms with Crippen LogP contribution >= 0.6 is 27.5 Å². The first-order chi connectivity index (χ1) is 9.35. The van der Waals surface area contributed by atoms with E-state index in [2.05, 4.69) is 21.0 Å². The fourth-order valence-electron chi connectivity index (χ4n) is 2.27. The van der Waals surface area contributed by atoms with Gasteiger partial charge in [-0.15, -0.1) is 0 Å². The van der Waals surface area contributed by atoms with Crippen molar-refractivity contribution in [3.05, 3.63) is 50.7 Å². The van der Waals surface area contributed by atoms with Crippen LogP contribution in [0.3, 0.4) is 0 Å². The van der Waals surface area contributed by atoms with Crippen LogP contribution in [0.2, 0.25) is 5.02 Å². The van der Waals surface area contributed by atoms with Crippen LogP contribution < -0.4 is 0 Å². The maximum atomic E-state index is 10.8. The van der Waals surface area contributed by atoms with E-state index in [1.807, 2.05) is 42.8 Å². The molecule has 108 valence electrons. The van der Waals surface area contributed by atoms with Gasteiger partial charge in [0.1, 0.15) is 0 Å². The zero-order chi connectivity index (χ0) is 14.9. The number of rotatable bonds is 4. The molecular weight excluding hydrogens is 340 g/mol. The lowest BCUT2D eigenvalue weighted by Crippen LogP contribution is -2.26. The Morgan fingerprint density at radius 2 is 1.95 bits per heavy atom. The van der Waals surface area contributed by atoms with Gasteiger partial charge in [-0.2, -0.15) is 5.10 Å². The van der Waals surface area contributed by atoms with Gasteiger partial charge in [0, 0.05) is 17.4 Å². The third-order valence-electron chi connectivity index (χ3n) is 3.43. The minimum absolute atomic E-state index is 0.433. The Morgan fingerprint density at radius 1 is 1.35 bits per heavy atom. The maximum Gasteiger partial charge on any atom is 0.0924 e. The zero-order valence-electron chi connectivity index (χ0n) is 11.8. The largest absolute Gasteiger partial charge is 0.385 e. The van der Waals surface area contributed by atoms with Crippen LogP contribution in [-0.2, 0) is 18.6 Å². The van der Waals surface area contributed by atoms with Crippen LogP contribution in [0.25, 0.3) is 0 Å². The Balaban J connectivity index is 2.35. The molecule has 5 heteroatoms. The smallest absolute Gasteiger partial charge is 0.0924 e. The molecule has 1 aromatic heterocycles. The van der Waals surface area contributed by atoms with Crippen molar-refractivity contribution in [2.75, 3.05) is 0 Å². The van der Waals surface area contributed by atoms with Gasteiger partial charge in [-0.25, -0.2) is 0 Å². The number of aliphatic hydroxyl groups is 1. The van der Waals surface area contributed by atoms with E-state index in [1.54, 1.807) is 6.92 Å². The quantitative estimate of drug-likeness (QED) is 0.895. The minimum Gasteiger partial charge on any atom is -0.385 e. The molecular formula is C15H18BrClN2O. The lowest BCUT2D eigenvalue weighted by Gasteiger charge is -2.24. The number of benzene rings is 1. The summed E-state index contributed by atoms with van der Waals surface area (Å²) in [4.78, 5) is 0. The number of hydrogen-bond acceptors (Lipinski definition) is 2. The maximum absolute atomic E-state index is 10.8. The van der Waals surface area contributed by atoms with Crippen LogP contribution in [0.15, 0.2) is 28.7 Å². The van der Waals surface area contributed by atoms with Gasteiger partial charge in [0.2, 0.25) is 0 Å². The summed E-state index contributed by atoms with van der Waals surface area (Å²) in [5, 5.41) is 15.8. The standard InChI is InChI=1S/C15H18BrClN2O/c1-4-19-13(14(17)10(2)18-19)9-15(3,20)11-5-7-12(16)8-6-11/h5-8,20H,4,9H2,1-3H3. The van der Waals surface area contributed by atoms with E-state index in [1.165, 1.54) is 0 Å². The molecule has 0 radical (unpaired) electrons. The Bertz CT molecular complexity index is 605. The predicted molar refractivity (Wildman–Crippen MR) is 85.1 cm³/mol. The van der Waals surface area contributed by atoms with Crippen LogP contribution in [0.1, 0.15) is 30.8 Å². The molecule has 1 N–H and O–H groups in total. The highest BCUT2D eigenvalue weighted by Crippen LogP contribution is 2.30. The normalized spacial score (nSPS) is 14.3. The summed E-state index contributed by atoms with van der Waals surface area (Å²) in [6.45, 7) is 6.43. The van der Waals surface area contributed by atoms with Gasteiger partial charge in [-0.1, -0.05) is 39.7 Å². The average Bonchev–Trinajstić information content (AvgIpc) is 2.66. The summed E-state index contributed by atoms with van der Waals surface area (Å²) in [5.74, 6) is 0. The van der Waals surface area contributed by atoms with Crippen molar-refractivity contribution < 1.29 is 5.11 Å². The first-order valence-electron chi connectivity index (χ1n) is 6.55. The van der Waals surface area contributed by atoms with Crippen LogP contribution in [0.4, 0.5) is 0 Å². The van der Waals surface area contributed by atoms with Gasteiger partial charge in [0.05, 0.1) is 22.0 Å². The molecule has 0 spiro atoms. The Morgan fingerprint density at radius 3 is 2.50 bits per heavy atom. The molecule has 0 saturated carbocycles. The molecule has 0 fully saturated rings. The number of aromatic nitrogens is 2. The monoisotopic (exact) mass is 356 g/mol. The van der Waals surface area contributed by atoms with Crippen molar-refractivity contribution in [1.29, 1.82) is 0 Å². The highest BCUT2D eigenvalue weighted by atomic mass is 79.9. The second-order valence-electron chi connectivity index (χ2n) is 5.12. The van der Waals surface area contributed by atoms with E-state index >= 15 is 0 Å². The van der Waals surface area contributed by atoms with Crippen molar-refractivity contribution in [2.45, 2.75) is 39.3 Å². The molecule has 20 heavy (non-hydrogen) atoms. The van der Waals surface area contributed by atoms with Crippen LogP contribution in [0.5, 0.6) is 0 Å². The van der Waals surface area contributed by atoms with E-state index < -0.39 is 5.60 Å². The first kappa shape index (κ1) is 15.5. The van der Waals surface area contributed by atoms with Crippen molar-refractivity contribution in [2.24, 2.45) is 0 Å². The molecule has 0 aliphatic carbocycles. The second kappa shape index (κ2) is 5.88. The highest BCUT2D eigenvalue weighted by molar-refractivity contribution is 9.10. The zero-order valence-corrected chi connectivity index (χ0v) is 14.2. The molecule has 1 heterocycles. The molecule has 2 rings (SSSR count). The number of hydrogen-bond donors (Lipinski definition) is 1. The fourth-order valence-corrected chi connectivity index (χ4v) is 2.74. The van der Waals surface area contributed by atoms with Crippen LogP contribution in [0, 0.1) is 6.92 Å². The molecule has 1 aromatic carbocycles. The van der Waals surface area contributed by atoms with E-state index in [9.17, 15) is 5.11 Å². The second-order valence-corrected chi connectivity index (χ2v) is 6.41. The summed E-state index contributed by atoms with van der Waals surface area (Å²) in [6.07, 6.45) is 0.433. The highest BCUT2D eigenvalue weighted by Gasteiger charge is 2.27. The third kappa shape index (κ3) is 3.08. The molecule has 0 bridgehead atoms. The van der Waals surface area contributed by atoms with Gasteiger partial charge in [-0.3, -0.25) is 4.68 Å². The lowest BCUT2D eigenvalue weighted by atomic mass is 9.91. The average molecular weight is 358 g/mol. The molecule has 1 atom stereocenters. The van der Waals surface area contributed by atoms with Crippen molar-refractivity contribution in [3.8, 4) is 0 Å². The van der Waals surface area contributed by atoms with Gasteiger partial charge in [0.15, 0.2) is 0 Å². The summed E-state index contributed by atoms with van der Waals surface area (Å²) in [7, 11) is 0. The summed E-state index contributed by atoms with van der Waals surface area (Å²) in [5.41, 5.74) is 1.55. The van der Waals surface area contributed by atoms with E-state index in [-0.39, 0.29) is 0 Å². The molecule has 0 saturated heterocycles. The van der Waals surface area contributed by atoms with Crippen molar-refractivity contribution in [3.63, 3.8) is 0 Å². The van der Waals surface area contributed by atoms with Gasteiger partial charge >= 0.3 is 0 Å². The molecule has 1 unspecified atom stereocenters. The Hall–Kier alpha value is -0.840. The Kier molecular flexibility index (Phi) is 4.57. The fraction of sp³-hybridized carbons (Fsp3) is 0.400. The number of aryl methyl sites for hydroxylation is 2. The van der Waals surface area contributed by atoms with E-state index in [4.69, 9.17) is 11.6 Å². The molecule has 0 aliphatic heterocycles. The molecule has 0 amide bonds. The van der Waals surface area contributed by atoms with Crippen molar-refractivity contribution in [1.82, 2.24) is 9.78 Å². The SMILES string of the molecule is CCn1nc(C)c(Cl)c1CC(C)(O)c1ccc(Br)cc1. The lowest BCUT2D eigenvalue weighted by molar-refractivity contribution is 0.0554. The predicted octanol–water partition coefficient (Wildman–Crippen LogP) is 4.08. The van der Waals surface area contributed by atoms with Gasteiger partial charge < -0.3 is 5.11 Å². The summed E-state index contributed by atoms with van der Waals surface area (Å²) >= 11 is 9.71. The summed E-state index contributed by atoms with van der Waals surface area (Å²) in [6, 6.07) is 7.68. The van der Waals surface area contributed by atoms with Gasteiger partial charge in [-0.05, 0) is 38.5 Å². The van der Waals surface area contributed by atoms with Crippen LogP contribution in [-0.4, -0.2) is 14.9 Å². The Labute approximate surface area is 132 Å². The van der Waals surface area contributed by atoms with Crippen molar-refractivity contribution >= 4 is 27.5 Å². The molecule has 2 aromatic rings. The minimum atomic E-state index is -0.982. The van der Waals surface area contributed by atoms with Gasteiger partial charge in [0.25, 0.3) is 0 Å². The third-order valence-corrected chi connectivity index (χ3v) is 4.45. The first-order valence-corrected chi connectivity index (χ1v) is 7.72. The van der Waals surface area contributed by atoms with E-state index in [0.717, 1.165) is 28.0 Å². The topological polar surface area (TPSA) is 38.0 Å².